The van der Waals surface area contributed by atoms with Crippen molar-refractivity contribution in [3.8, 4) is 78.5 Å². The van der Waals surface area contributed by atoms with Gasteiger partial charge in [0.25, 0.3) is 0 Å². The molecule has 2 heterocycles. The summed E-state index contributed by atoms with van der Waals surface area (Å²) in [6.45, 7) is 0. The highest BCUT2D eigenvalue weighted by molar-refractivity contribution is 6.17. The summed E-state index contributed by atoms with van der Waals surface area (Å²) in [5.41, 5.74) is 15.0. The summed E-state index contributed by atoms with van der Waals surface area (Å²) in [5, 5.41) is 3.51. The topological polar surface area (TPSA) is 38.7 Å². The standard InChI is InChI=1S/C53H35N3/c1-5-14-39(15-6-1)45-22-13-23-46-51(45)47-34-44(32-33-48(47)54-52(46)42-18-9-3-10-19-42)38-26-24-36(25-27-38)37-28-30-41(31-29-37)50-35-49(40-16-7-2-8-17-40)55-53(56-50)43-20-11-4-12-21-43/h1-35H. The predicted octanol–water partition coefficient (Wildman–Crippen LogP) is 13.8. The zero-order valence-electron chi connectivity index (χ0n) is 30.5. The van der Waals surface area contributed by atoms with Gasteiger partial charge in [-0.05, 0) is 51.6 Å². The molecule has 0 N–H and O–H groups in total. The van der Waals surface area contributed by atoms with Crippen LogP contribution in [0.1, 0.15) is 0 Å². The first-order valence-corrected chi connectivity index (χ1v) is 18.9. The van der Waals surface area contributed by atoms with E-state index in [1.54, 1.807) is 0 Å². The molecule has 262 valence electrons. The Balaban J connectivity index is 1.00. The number of aromatic nitrogens is 3. The molecule has 0 bridgehead atoms. The molecule has 56 heavy (non-hydrogen) atoms. The third-order valence-electron chi connectivity index (χ3n) is 10.5. The van der Waals surface area contributed by atoms with Crippen LogP contribution in [0.5, 0.6) is 0 Å². The molecule has 10 rings (SSSR count). The van der Waals surface area contributed by atoms with E-state index in [1.165, 1.54) is 16.5 Å². The van der Waals surface area contributed by atoms with Crippen molar-refractivity contribution in [3.63, 3.8) is 0 Å². The molecule has 0 unspecified atom stereocenters. The average Bonchev–Trinajstić information content (AvgIpc) is 3.29. The molecule has 0 amide bonds. The molecule has 0 fully saturated rings. The largest absolute Gasteiger partial charge is 0.247 e. The lowest BCUT2D eigenvalue weighted by atomic mass is 9.91. The zero-order chi connectivity index (χ0) is 37.3. The average molecular weight is 714 g/mol. The van der Waals surface area contributed by atoms with Crippen LogP contribution in [-0.2, 0) is 0 Å². The molecule has 0 aliphatic rings. The Morgan fingerprint density at radius 1 is 0.268 bits per heavy atom. The second-order valence-electron chi connectivity index (χ2n) is 14.0. The van der Waals surface area contributed by atoms with Gasteiger partial charge in [0.15, 0.2) is 5.82 Å². The van der Waals surface area contributed by atoms with Gasteiger partial charge in [0.05, 0.1) is 22.6 Å². The third-order valence-corrected chi connectivity index (χ3v) is 10.5. The maximum Gasteiger partial charge on any atom is 0.160 e. The fourth-order valence-corrected chi connectivity index (χ4v) is 7.66. The second-order valence-corrected chi connectivity index (χ2v) is 14.0. The van der Waals surface area contributed by atoms with Crippen LogP contribution in [0.2, 0.25) is 0 Å². The van der Waals surface area contributed by atoms with Crippen LogP contribution in [-0.4, -0.2) is 15.0 Å². The molecule has 0 aliphatic carbocycles. The lowest BCUT2D eigenvalue weighted by Crippen LogP contribution is -1.95. The minimum atomic E-state index is 0.715. The van der Waals surface area contributed by atoms with Gasteiger partial charge in [-0.25, -0.2) is 15.0 Å². The maximum atomic E-state index is 5.26. The lowest BCUT2D eigenvalue weighted by molar-refractivity contribution is 1.18. The summed E-state index contributed by atoms with van der Waals surface area (Å²) in [4.78, 5) is 15.2. The van der Waals surface area contributed by atoms with E-state index in [9.17, 15) is 0 Å². The quantitative estimate of drug-likeness (QED) is 0.154. The Kier molecular flexibility index (Phi) is 8.51. The first kappa shape index (κ1) is 33.1. The monoisotopic (exact) mass is 713 g/mol. The van der Waals surface area contributed by atoms with Gasteiger partial charge in [-0.3, -0.25) is 0 Å². The van der Waals surface area contributed by atoms with Crippen LogP contribution in [0.15, 0.2) is 212 Å². The van der Waals surface area contributed by atoms with Gasteiger partial charge < -0.3 is 0 Å². The van der Waals surface area contributed by atoms with Crippen LogP contribution in [0, 0.1) is 0 Å². The minimum absolute atomic E-state index is 0.715. The Morgan fingerprint density at radius 3 is 1.32 bits per heavy atom. The first-order chi connectivity index (χ1) is 27.7. The van der Waals surface area contributed by atoms with Crippen molar-refractivity contribution in [1.82, 2.24) is 15.0 Å². The summed E-state index contributed by atoms with van der Waals surface area (Å²) >= 11 is 0. The van der Waals surface area contributed by atoms with E-state index >= 15 is 0 Å². The molecule has 8 aromatic carbocycles. The molecular weight excluding hydrogens is 679 g/mol. The number of hydrogen-bond donors (Lipinski definition) is 0. The van der Waals surface area contributed by atoms with E-state index < -0.39 is 0 Å². The van der Waals surface area contributed by atoms with E-state index in [-0.39, 0.29) is 0 Å². The van der Waals surface area contributed by atoms with Crippen LogP contribution >= 0.6 is 0 Å². The van der Waals surface area contributed by atoms with Gasteiger partial charge in [-0.1, -0.05) is 194 Å². The van der Waals surface area contributed by atoms with Gasteiger partial charge >= 0.3 is 0 Å². The predicted molar refractivity (Wildman–Crippen MR) is 233 cm³/mol. The van der Waals surface area contributed by atoms with Crippen molar-refractivity contribution < 1.29 is 0 Å². The Morgan fingerprint density at radius 2 is 0.732 bits per heavy atom. The molecule has 2 aromatic heterocycles. The minimum Gasteiger partial charge on any atom is -0.247 e. The van der Waals surface area contributed by atoms with E-state index in [0.29, 0.717) is 5.82 Å². The molecule has 0 atom stereocenters. The number of pyridine rings is 1. The highest BCUT2D eigenvalue weighted by Gasteiger charge is 2.16. The van der Waals surface area contributed by atoms with Crippen LogP contribution < -0.4 is 0 Å². The lowest BCUT2D eigenvalue weighted by Gasteiger charge is -2.15. The molecule has 10 aromatic rings. The SMILES string of the molecule is c1ccc(-c2cc(-c3ccc(-c4ccc(-c5ccc6nc(-c7ccccc7)c7cccc(-c8ccccc8)c7c6c5)cc4)cc3)nc(-c3ccccc3)n2)cc1. The number of rotatable bonds is 7. The van der Waals surface area contributed by atoms with Crippen molar-refractivity contribution >= 4 is 21.7 Å². The maximum absolute atomic E-state index is 5.26. The van der Waals surface area contributed by atoms with Crippen molar-refractivity contribution in [1.29, 1.82) is 0 Å². The van der Waals surface area contributed by atoms with Gasteiger partial charge in [0.1, 0.15) is 0 Å². The summed E-state index contributed by atoms with van der Waals surface area (Å²) in [6.07, 6.45) is 0. The smallest absolute Gasteiger partial charge is 0.160 e. The van der Waals surface area contributed by atoms with Crippen LogP contribution in [0.3, 0.4) is 0 Å². The molecule has 3 nitrogen and oxygen atoms in total. The highest BCUT2D eigenvalue weighted by atomic mass is 14.9. The number of fused-ring (bicyclic) bond motifs is 3. The first-order valence-electron chi connectivity index (χ1n) is 18.9. The highest BCUT2D eigenvalue weighted by Crippen LogP contribution is 2.40. The zero-order valence-corrected chi connectivity index (χ0v) is 30.5. The number of benzene rings is 8. The summed E-state index contributed by atoms with van der Waals surface area (Å²) in [6, 6.07) is 74.5. The summed E-state index contributed by atoms with van der Waals surface area (Å²) < 4.78 is 0. The fraction of sp³-hybridized carbons (Fsp3) is 0. The summed E-state index contributed by atoms with van der Waals surface area (Å²) in [7, 11) is 0. The van der Waals surface area contributed by atoms with Crippen LogP contribution in [0.25, 0.3) is 100 Å². The molecule has 0 aliphatic heterocycles. The Labute approximate surface area is 326 Å². The fourth-order valence-electron chi connectivity index (χ4n) is 7.66. The number of nitrogens with zero attached hydrogens (tertiary/aromatic N) is 3. The Bertz CT molecular complexity index is 2900. The van der Waals surface area contributed by atoms with Gasteiger partial charge in [-0.2, -0.15) is 0 Å². The van der Waals surface area contributed by atoms with Crippen molar-refractivity contribution in [3.05, 3.63) is 212 Å². The molecular formula is C53H35N3. The molecule has 0 spiro atoms. The van der Waals surface area contributed by atoms with Crippen LogP contribution in [0.4, 0.5) is 0 Å². The molecule has 0 saturated carbocycles. The van der Waals surface area contributed by atoms with Crippen molar-refractivity contribution in [2.45, 2.75) is 0 Å². The normalized spacial score (nSPS) is 11.2. The van der Waals surface area contributed by atoms with Gasteiger partial charge in [-0.15, -0.1) is 0 Å². The van der Waals surface area contributed by atoms with Gasteiger partial charge in [0.2, 0.25) is 0 Å². The van der Waals surface area contributed by atoms with E-state index in [4.69, 9.17) is 15.0 Å². The van der Waals surface area contributed by atoms with E-state index in [1.807, 2.05) is 36.4 Å². The van der Waals surface area contributed by atoms with E-state index in [0.717, 1.165) is 77.9 Å². The Hall–Kier alpha value is -7.49. The summed E-state index contributed by atoms with van der Waals surface area (Å²) in [5.74, 6) is 0.715. The second kappa shape index (κ2) is 14.4. The molecule has 3 heteroatoms. The van der Waals surface area contributed by atoms with Gasteiger partial charge in [0, 0.05) is 38.4 Å². The van der Waals surface area contributed by atoms with Crippen molar-refractivity contribution in [2.24, 2.45) is 0 Å². The molecule has 0 saturated heterocycles. The third kappa shape index (κ3) is 6.31. The number of hydrogen-bond acceptors (Lipinski definition) is 3. The van der Waals surface area contributed by atoms with E-state index in [2.05, 4.69) is 176 Å². The van der Waals surface area contributed by atoms with Crippen molar-refractivity contribution in [2.75, 3.05) is 0 Å². The molecule has 0 radical (unpaired) electrons.